The highest BCUT2D eigenvalue weighted by atomic mass is 32.2. The van der Waals surface area contributed by atoms with Crippen LogP contribution in [0.15, 0.2) is 17.2 Å². The molecule has 2 aliphatic heterocycles. The molecule has 3 heterocycles. The number of carbonyl (C=O) groups excluding carboxylic acids is 2. The summed E-state index contributed by atoms with van der Waals surface area (Å²) in [6.45, 7) is 4.17. The van der Waals surface area contributed by atoms with E-state index in [2.05, 4.69) is 17.2 Å². The quantitative estimate of drug-likeness (QED) is 0.752. The normalized spacial score (nSPS) is 24.4. The zero-order valence-corrected chi connectivity index (χ0v) is 17.7. The minimum atomic E-state index is -3.74. The SMILES string of the molecule is CC1CCN(C(=O)c2cc(S(=O)(=O)N3CCC[C@H](C(=O)NC4CC4)C3)c[nH]2)CC1. The lowest BCUT2D eigenvalue weighted by atomic mass is 9.99. The predicted octanol–water partition coefficient (Wildman–Crippen LogP) is 1.57. The second kappa shape index (κ2) is 8.10. The third-order valence-corrected chi connectivity index (χ3v) is 8.12. The predicted molar refractivity (Wildman–Crippen MR) is 108 cm³/mol. The molecule has 3 fully saturated rings. The van der Waals surface area contributed by atoms with E-state index >= 15 is 0 Å². The Kier molecular flexibility index (Phi) is 5.70. The third-order valence-electron chi connectivity index (χ3n) is 6.27. The zero-order valence-electron chi connectivity index (χ0n) is 16.9. The lowest BCUT2D eigenvalue weighted by Crippen LogP contribution is -2.45. The van der Waals surface area contributed by atoms with Crippen LogP contribution in [0.2, 0.25) is 0 Å². The van der Waals surface area contributed by atoms with Crippen LogP contribution in [0.4, 0.5) is 0 Å². The lowest BCUT2D eigenvalue weighted by molar-refractivity contribution is -0.126. The number of hydrogen-bond acceptors (Lipinski definition) is 4. The average Bonchev–Trinajstić information content (AvgIpc) is 3.39. The number of aromatic nitrogens is 1. The fourth-order valence-corrected chi connectivity index (χ4v) is 5.62. The first-order valence-electron chi connectivity index (χ1n) is 10.6. The molecule has 1 aromatic rings. The number of aromatic amines is 1. The Morgan fingerprint density at radius 2 is 1.83 bits per heavy atom. The summed E-state index contributed by atoms with van der Waals surface area (Å²) in [5.41, 5.74) is 0.304. The van der Waals surface area contributed by atoms with Crippen LogP contribution in [-0.4, -0.2) is 66.6 Å². The number of rotatable bonds is 5. The van der Waals surface area contributed by atoms with Gasteiger partial charge in [-0.05, 0) is 50.5 Å². The first-order chi connectivity index (χ1) is 13.8. The molecule has 1 aromatic heterocycles. The highest BCUT2D eigenvalue weighted by Gasteiger charge is 2.36. The Morgan fingerprint density at radius 1 is 1.10 bits per heavy atom. The van der Waals surface area contributed by atoms with Gasteiger partial charge in [-0.15, -0.1) is 0 Å². The first kappa shape index (κ1) is 20.4. The fraction of sp³-hybridized carbons (Fsp3) is 0.700. The molecular weight excluding hydrogens is 392 g/mol. The maximum atomic E-state index is 13.1. The smallest absolute Gasteiger partial charge is 0.270 e. The molecule has 8 nitrogen and oxygen atoms in total. The molecule has 0 radical (unpaired) electrons. The number of nitrogens with zero attached hydrogens (tertiary/aromatic N) is 2. The number of sulfonamides is 1. The van der Waals surface area contributed by atoms with Gasteiger partial charge in [0.25, 0.3) is 5.91 Å². The van der Waals surface area contributed by atoms with Crippen molar-refractivity contribution in [2.45, 2.75) is 56.4 Å². The summed E-state index contributed by atoms with van der Waals surface area (Å²) >= 11 is 0. The van der Waals surface area contributed by atoms with E-state index in [9.17, 15) is 18.0 Å². The van der Waals surface area contributed by atoms with E-state index in [4.69, 9.17) is 0 Å². The van der Waals surface area contributed by atoms with E-state index in [-0.39, 0.29) is 35.2 Å². The van der Waals surface area contributed by atoms with Crippen LogP contribution in [0.25, 0.3) is 0 Å². The van der Waals surface area contributed by atoms with Gasteiger partial charge in [0.1, 0.15) is 10.6 Å². The molecule has 1 atom stereocenters. The van der Waals surface area contributed by atoms with Crippen LogP contribution < -0.4 is 5.32 Å². The Morgan fingerprint density at radius 3 is 2.52 bits per heavy atom. The van der Waals surface area contributed by atoms with Gasteiger partial charge >= 0.3 is 0 Å². The van der Waals surface area contributed by atoms with Crippen molar-refractivity contribution in [2.75, 3.05) is 26.2 Å². The number of amides is 2. The van der Waals surface area contributed by atoms with Gasteiger partial charge in [-0.1, -0.05) is 6.92 Å². The van der Waals surface area contributed by atoms with Crippen LogP contribution in [0.1, 0.15) is 55.9 Å². The Labute approximate surface area is 172 Å². The van der Waals surface area contributed by atoms with Gasteiger partial charge in [0.2, 0.25) is 15.9 Å². The monoisotopic (exact) mass is 422 g/mol. The van der Waals surface area contributed by atoms with Crippen LogP contribution in [0.5, 0.6) is 0 Å². The van der Waals surface area contributed by atoms with E-state index in [0.717, 1.165) is 25.7 Å². The van der Waals surface area contributed by atoms with Crippen molar-refractivity contribution < 1.29 is 18.0 Å². The number of carbonyl (C=O) groups is 2. The van der Waals surface area contributed by atoms with Gasteiger partial charge in [-0.25, -0.2) is 8.42 Å². The van der Waals surface area contributed by atoms with E-state index in [1.54, 1.807) is 4.90 Å². The summed E-state index contributed by atoms with van der Waals surface area (Å²) in [5.74, 6) is 0.104. The molecule has 4 rings (SSSR count). The topological polar surface area (TPSA) is 103 Å². The van der Waals surface area contributed by atoms with E-state index in [1.165, 1.54) is 16.6 Å². The second-order valence-corrected chi connectivity index (χ2v) is 10.6. The van der Waals surface area contributed by atoms with Gasteiger partial charge < -0.3 is 15.2 Å². The zero-order chi connectivity index (χ0) is 20.6. The highest BCUT2D eigenvalue weighted by Crippen LogP contribution is 2.27. The number of piperidine rings is 2. The molecule has 0 unspecified atom stereocenters. The minimum absolute atomic E-state index is 0.0448. The Bertz CT molecular complexity index is 869. The largest absolute Gasteiger partial charge is 0.356 e. The van der Waals surface area contributed by atoms with Crippen LogP contribution in [0, 0.1) is 11.8 Å². The molecule has 160 valence electrons. The van der Waals surface area contributed by atoms with Crippen molar-refractivity contribution >= 4 is 21.8 Å². The number of hydrogen-bond donors (Lipinski definition) is 2. The van der Waals surface area contributed by atoms with Crippen molar-refractivity contribution in [3.05, 3.63) is 18.0 Å². The average molecular weight is 423 g/mol. The Hall–Kier alpha value is -1.87. The summed E-state index contributed by atoms with van der Waals surface area (Å²) in [5, 5.41) is 2.98. The number of H-pyrrole nitrogens is 1. The van der Waals surface area contributed by atoms with E-state index < -0.39 is 10.0 Å². The van der Waals surface area contributed by atoms with Gasteiger partial charge in [0.05, 0.1) is 5.92 Å². The molecule has 3 aliphatic rings. The van der Waals surface area contributed by atoms with Crippen molar-refractivity contribution in [3.63, 3.8) is 0 Å². The maximum Gasteiger partial charge on any atom is 0.270 e. The van der Waals surface area contributed by atoms with Crippen LogP contribution >= 0.6 is 0 Å². The van der Waals surface area contributed by atoms with Gasteiger partial charge in [-0.2, -0.15) is 4.31 Å². The molecular formula is C20H30N4O4S. The molecule has 2 amide bonds. The third kappa shape index (κ3) is 4.50. The number of likely N-dealkylation sites (tertiary alicyclic amines) is 1. The molecule has 9 heteroatoms. The summed E-state index contributed by atoms with van der Waals surface area (Å²) in [7, 11) is -3.74. The molecule has 1 saturated carbocycles. The van der Waals surface area contributed by atoms with Crippen molar-refractivity contribution in [3.8, 4) is 0 Å². The standard InChI is InChI=1S/C20H30N4O4S/c1-14-6-9-23(10-7-14)20(26)18-11-17(12-21-18)29(27,28)24-8-2-3-15(13-24)19(25)22-16-4-5-16/h11-12,14-16,21H,2-10,13H2,1H3,(H,22,25)/t15-/m0/s1. The molecule has 0 aromatic carbocycles. The summed E-state index contributed by atoms with van der Waals surface area (Å²) < 4.78 is 27.6. The summed E-state index contributed by atoms with van der Waals surface area (Å²) in [6, 6.07) is 1.70. The second-order valence-electron chi connectivity index (χ2n) is 8.71. The van der Waals surface area contributed by atoms with E-state index in [1.807, 2.05) is 0 Å². The highest BCUT2D eigenvalue weighted by molar-refractivity contribution is 7.89. The fourth-order valence-electron chi connectivity index (χ4n) is 4.10. The summed E-state index contributed by atoms with van der Waals surface area (Å²) in [6.07, 6.45) is 6.71. The van der Waals surface area contributed by atoms with E-state index in [0.29, 0.717) is 44.1 Å². The van der Waals surface area contributed by atoms with Gasteiger partial charge in [0.15, 0.2) is 0 Å². The van der Waals surface area contributed by atoms with Gasteiger partial charge in [0, 0.05) is 38.4 Å². The summed E-state index contributed by atoms with van der Waals surface area (Å²) in [4.78, 5) is 29.8. The van der Waals surface area contributed by atoms with Crippen molar-refractivity contribution in [1.29, 1.82) is 0 Å². The minimum Gasteiger partial charge on any atom is -0.356 e. The van der Waals surface area contributed by atoms with Crippen molar-refractivity contribution in [1.82, 2.24) is 19.5 Å². The van der Waals surface area contributed by atoms with Crippen LogP contribution in [-0.2, 0) is 14.8 Å². The molecule has 2 N–H and O–H groups in total. The lowest BCUT2D eigenvalue weighted by Gasteiger charge is -2.31. The first-order valence-corrected chi connectivity index (χ1v) is 12.1. The van der Waals surface area contributed by atoms with Gasteiger partial charge in [-0.3, -0.25) is 9.59 Å². The molecule has 1 aliphatic carbocycles. The molecule has 2 saturated heterocycles. The molecule has 0 spiro atoms. The van der Waals surface area contributed by atoms with Crippen LogP contribution in [0.3, 0.4) is 0 Å². The molecule has 0 bridgehead atoms. The maximum absolute atomic E-state index is 13.1. The Balaban J connectivity index is 1.43. The molecule has 29 heavy (non-hydrogen) atoms. The van der Waals surface area contributed by atoms with Crippen molar-refractivity contribution in [2.24, 2.45) is 11.8 Å². The number of nitrogens with one attached hydrogen (secondary N) is 2.